The minimum Gasteiger partial charge on any atom is -0.282 e. The maximum atomic E-state index is 12.2. The summed E-state index contributed by atoms with van der Waals surface area (Å²) in [5, 5.41) is 0. The minimum absolute atomic E-state index is 0. The second-order valence-corrected chi connectivity index (χ2v) is 8.05. The molecule has 1 aromatic carbocycles. The van der Waals surface area contributed by atoms with Crippen molar-refractivity contribution >= 4 is 19.9 Å². The molecule has 0 unspecified atom stereocenters. The number of pyridine rings is 1. The van der Waals surface area contributed by atoms with E-state index in [0.717, 1.165) is 6.26 Å². The largest absolute Gasteiger partial charge is 0.282 e. The fraction of sp³-hybridized carbons (Fsp3) is 0.154. The third-order valence-electron chi connectivity index (χ3n) is 2.67. The van der Waals surface area contributed by atoms with Crippen molar-refractivity contribution in [3.8, 4) is 0 Å². The quantitative estimate of drug-likeness (QED) is 0.788. The number of hydrogen-bond acceptors (Lipinski definition) is 6. The average Bonchev–Trinajstić information content (AvgIpc) is 2.47. The average molecular weight is 344 g/mol. The summed E-state index contributed by atoms with van der Waals surface area (Å²) < 4.78 is 47.7. The molecule has 0 spiro atoms. The van der Waals surface area contributed by atoms with Gasteiger partial charge in [0.2, 0.25) is 0 Å². The Morgan fingerprint density at radius 3 is 2.36 bits per heavy atom. The van der Waals surface area contributed by atoms with E-state index in [9.17, 15) is 16.8 Å². The van der Waals surface area contributed by atoms with Gasteiger partial charge in [0.25, 0.3) is 10.0 Å². The molecule has 0 saturated carbocycles. The van der Waals surface area contributed by atoms with E-state index in [-0.39, 0.29) is 17.8 Å². The molecule has 1 heterocycles. The Bertz CT molecular complexity index is 855. The van der Waals surface area contributed by atoms with Crippen LogP contribution in [0.4, 0.5) is 0 Å². The zero-order valence-electron chi connectivity index (χ0n) is 11.6. The van der Waals surface area contributed by atoms with Gasteiger partial charge in [-0.3, -0.25) is 9.82 Å². The highest BCUT2D eigenvalue weighted by Gasteiger charge is 2.23. The highest BCUT2D eigenvalue weighted by atomic mass is 32.2. The van der Waals surface area contributed by atoms with Gasteiger partial charge in [0.05, 0.1) is 11.5 Å². The minimum atomic E-state index is -4.12. The zero-order chi connectivity index (χ0) is 16.2. The summed E-state index contributed by atoms with van der Waals surface area (Å²) in [6.45, 7) is -0.0336. The summed E-state index contributed by atoms with van der Waals surface area (Å²) in [7, 11) is -7.79. The fourth-order valence-electron chi connectivity index (χ4n) is 1.70. The zero-order valence-corrected chi connectivity index (χ0v) is 13.3. The molecule has 0 saturated heterocycles. The molecule has 0 amide bonds. The van der Waals surface area contributed by atoms with Crippen LogP contribution in [0, 0.1) is 0 Å². The van der Waals surface area contributed by atoms with Gasteiger partial charge in [0.15, 0.2) is 9.84 Å². The van der Waals surface area contributed by atoms with Gasteiger partial charge in [-0.05, 0) is 23.8 Å². The molecule has 2 aromatic rings. The normalized spacial score (nSPS) is 12.2. The van der Waals surface area contributed by atoms with Gasteiger partial charge in [-0.2, -0.15) is 0 Å². The van der Waals surface area contributed by atoms with Crippen LogP contribution in [0.2, 0.25) is 0 Å². The van der Waals surface area contributed by atoms with Crippen LogP contribution >= 0.6 is 0 Å². The Morgan fingerprint density at radius 1 is 1.09 bits per heavy atom. The lowest BCUT2D eigenvalue weighted by molar-refractivity contribution is 0.0792. The van der Waals surface area contributed by atoms with Gasteiger partial charge < -0.3 is 0 Å². The number of sulfone groups is 1. The molecule has 9 heteroatoms. The summed E-state index contributed by atoms with van der Waals surface area (Å²) in [5.41, 5.74) is 0.668. The molecule has 0 atom stereocenters. The number of aromatic nitrogens is 1. The summed E-state index contributed by atoms with van der Waals surface area (Å²) in [6, 6.07) is 8.71. The lowest BCUT2D eigenvalue weighted by Crippen LogP contribution is -2.25. The van der Waals surface area contributed by atoms with Crippen LogP contribution in [0.1, 0.15) is 6.99 Å². The van der Waals surface area contributed by atoms with E-state index >= 15 is 0 Å². The van der Waals surface area contributed by atoms with Crippen molar-refractivity contribution in [2.75, 3.05) is 6.26 Å². The first-order valence-electron chi connectivity index (χ1n) is 6.12. The molecule has 1 aromatic heterocycles. The van der Waals surface area contributed by atoms with Crippen molar-refractivity contribution in [1.82, 2.24) is 9.87 Å². The summed E-state index contributed by atoms with van der Waals surface area (Å²) in [6.07, 6.45) is 4.05. The predicted molar refractivity (Wildman–Crippen MR) is 81.0 cm³/mol. The number of benzene rings is 1. The van der Waals surface area contributed by atoms with Crippen LogP contribution in [-0.4, -0.2) is 28.1 Å². The van der Waals surface area contributed by atoms with Gasteiger partial charge in [-0.25, -0.2) is 16.8 Å². The topological polar surface area (TPSA) is 102 Å². The van der Waals surface area contributed by atoms with Gasteiger partial charge >= 0.3 is 0 Å². The van der Waals surface area contributed by atoms with Crippen molar-refractivity contribution in [3.63, 3.8) is 0 Å². The number of rotatable bonds is 6. The van der Waals surface area contributed by atoms with E-state index in [4.69, 9.17) is 4.84 Å². The van der Waals surface area contributed by atoms with E-state index in [0.29, 0.717) is 5.56 Å². The molecular formula is C13H16N2O5S2. The third kappa shape index (κ3) is 4.10. The van der Waals surface area contributed by atoms with Crippen molar-refractivity contribution < 1.29 is 23.1 Å². The first-order chi connectivity index (χ1) is 10.3. The van der Waals surface area contributed by atoms with E-state index in [2.05, 4.69) is 4.98 Å². The highest BCUT2D eigenvalue weighted by molar-refractivity contribution is 7.93. The van der Waals surface area contributed by atoms with Gasteiger partial charge in [0, 0.05) is 20.1 Å². The van der Waals surface area contributed by atoms with Crippen molar-refractivity contribution in [2.24, 2.45) is 0 Å². The fourth-order valence-corrected chi connectivity index (χ4v) is 4.13. The maximum Gasteiger partial charge on any atom is 0.263 e. The summed E-state index contributed by atoms with van der Waals surface area (Å²) in [5.74, 6) is 0. The Labute approximate surface area is 130 Å². The molecule has 22 heavy (non-hydrogen) atoms. The highest BCUT2D eigenvalue weighted by Crippen LogP contribution is 2.20. The van der Waals surface area contributed by atoms with Crippen molar-refractivity contribution in [3.05, 3.63) is 54.4 Å². The number of nitrogens with one attached hydrogen (secondary N) is 1. The Morgan fingerprint density at radius 2 is 1.77 bits per heavy atom. The molecule has 120 valence electrons. The monoisotopic (exact) mass is 344 g/mol. The molecule has 2 rings (SSSR count). The summed E-state index contributed by atoms with van der Waals surface area (Å²) in [4.78, 5) is 10.1. The van der Waals surface area contributed by atoms with E-state index in [1.807, 2.05) is 4.89 Å². The van der Waals surface area contributed by atoms with Crippen molar-refractivity contribution in [1.29, 1.82) is 0 Å². The van der Waals surface area contributed by atoms with E-state index in [1.54, 1.807) is 18.3 Å². The first-order valence-corrected chi connectivity index (χ1v) is 9.50. The van der Waals surface area contributed by atoms with Crippen molar-refractivity contribution in [2.45, 2.75) is 16.4 Å². The lowest BCUT2D eigenvalue weighted by atomic mass is 10.3. The standard InChI is InChI=1S/C13H14N2O5S2.H2/c1-21(16,17)12-6-2-3-7-13(12)22(18,19)15-20-10-11-5-4-8-14-9-11;/h2-9,15H,10H2,1H3;1H. The number of nitrogens with zero attached hydrogens (tertiary/aromatic N) is 1. The molecule has 0 bridgehead atoms. The van der Waals surface area contributed by atoms with E-state index < -0.39 is 19.9 Å². The molecule has 1 N–H and O–H groups in total. The first kappa shape index (κ1) is 16.6. The molecule has 0 radical (unpaired) electrons. The lowest BCUT2D eigenvalue weighted by Gasteiger charge is -2.10. The molecular weight excluding hydrogens is 328 g/mol. The predicted octanol–water partition coefficient (Wildman–Crippen LogP) is 1.14. The van der Waals surface area contributed by atoms with E-state index in [1.165, 1.54) is 30.5 Å². The Hall–Kier alpha value is -1.81. The number of sulfonamides is 1. The van der Waals surface area contributed by atoms with Crippen LogP contribution in [0.5, 0.6) is 0 Å². The van der Waals surface area contributed by atoms with Crippen LogP contribution < -0.4 is 4.89 Å². The van der Waals surface area contributed by atoms with Crippen LogP contribution in [0.25, 0.3) is 0 Å². The SMILES string of the molecule is CS(=O)(=O)c1ccccc1S(=O)(=O)NOCc1cccnc1.[HH]. The van der Waals surface area contributed by atoms with Crippen LogP contribution in [0.3, 0.4) is 0 Å². The van der Waals surface area contributed by atoms with Crippen LogP contribution in [-0.2, 0) is 31.3 Å². The molecule has 0 aliphatic heterocycles. The number of hydrogen-bond donors (Lipinski definition) is 1. The molecule has 0 fully saturated rings. The maximum absolute atomic E-state index is 12.2. The second kappa shape index (κ2) is 6.53. The smallest absolute Gasteiger partial charge is 0.263 e. The molecule has 7 nitrogen and oxygen atoms in total. The van der Waals surface area contributed by atoms with Gasteiger partial charge in [-0.1, -0.05) is 23.1 Å². The molecule has 0 aliphatic rings. The van der Waals surface area contributed by atoms with Crippen LogP contribution in [0.15, 0.2) is 58.6 Å². The molecule has 0 aliphatic carbocycles. The third-order valence-corrected chi connectivity index (χ3v) is 5.22. The Balaban J connectivity index is 0.00000264. The van der Waals surface area contributed by atoms with Gasteiger partial charge in [-0.15, -0.1) is 0 Å². The van der Waals surface area contributed by atoms with Gasteiger partial charge in [0.1, 0.15) is 4.90 Å². The Kier molecular flexibility index (Phi) is 4.91. The summed E-state index contributed by atoms with van der Waals surface area (Å²) >= 11 is 0. The second-order valence-electron chi connectivity index (χ2n) is 4.46.